The highest BCUT2D eigenvalue weighted by molar-refractivity contribution is 5.78. The second-order valence-electron chi connectivity index (χ2n) is 6.35. The van der Waals surface area contributed by atoms with Gasteiger partial charge in [-0.25, -0.2) is 0 Å². The summed E-state index contributed by atoms with van der Waals surface area (Å²) in [6.45, 7) is 1.53. The topological polar surface area (TPSA) is 68.0 Å². The molecular weight excluding hydrogens is 330 g/mol. The summed E-state index contributed by atoms with van der Waals surface area (Å²) in [5.74, 6) is 1.44. The van der Waals surface area contributed by atoms with Crippen LogP contribution in [-0.2, 0) is 17.9 Å². The third kappa shape index (κ3) is 5.39. The average molecular weight is 357 g/mol. The number of ether oxygens (including phenoxy) is 2. The van der Waals surface area contributed by atoms with Crippen LogP contribution in [0.2, 0.25) is 0 Å². The Bertz CT molecular complexity index is 732. The van der Waals surface area contributed by atoms with Gasteiger partial charge in [-0.05, 0) is 42.4 Å². The van der Waals surface area contributed by atoms with Gasteiger partial charge >= 0.3 is 0 Å². The van der Waals surface area contributed by atoms with Crippen LogP contribution in [0, 0.1) is 0 Å². The molecule has 26 heavy (non-hydrogen) atoms. The second-order valence-corrected chi connectivity index (χ2v) is 6.35. The third-order valence-electron chi connectivity index (χ3n) is 4.13. The predicted octanol–water partition coefficient (Wildman–Crippen LogP) is 2.38. The summed E-state index contributed by atoms with van der Waals surface area (Å²) in [5, 5.41) is 0. The Balaban J connectivity index is 1.90. The molecule has 0 saturated heterocycles. The van der Waals surface area contributed by atoms with Gasteiger partial charge in [0, 0.05) is 25.8 Å². The van der Waals surface area contributed by atoms with E-state index in [2.05, 4.69) is 0 Å². The zero-order chi connectivity index (χ0) is 19.1. The van der Waals surface area contributed by atoms with Crippen molar-refractivity contribution in [3.8, 4) is 11.5 Å². The lowest BCUT2D eigenvalue weighted by Crippen LogP contribution is -2.36. The third-order valence-corrected chi connectivity index (χ3v) is 4.13. The molecule has 0 spiro atoms. The molecule has 0 unspecified atom stereocenters. The Labute approximate surface area is 155 Å². The van der Waals surface area contributed by atoms with Gasteiger partial charge in [0.1, 0.15) is 0 Å². The van der Waals surface area contributed by atoms with Crippen molar-refractivity contribution in [3.05, 3.63) is 53.6 Å². The molecule has 0 aliphatic rings. The zero-order valence-corrected chi connectivity index (χ0v) is 15.9. The molecule has 1 amide bonds. The molecule has 0 radical (unpaired) electrons. The first-order valence-corrected chi connectivity index (χ1v) is 8.40. The Morgan fingerprint density at radius 1 is 0.923 bits per heavy atom. The molecule has 0 atom stereocenters. The van der Waals surface area contributed by atoms with Crippen molar-refractivity contribution in [1.29, 1.82) is 0 Å². The molecule has 0 heterocycles. The zero-order valence-electron chi connectivity index (χ0n) is 15.9. The number of amides is 1. The van der Waals surface area contributed by atoms with Crippen LogP contribution in [-0.4, -0.2) is 50.6 Å². The fourth-order valence-electron chi connectivity index (χ4n) is 2.68. The maximum Gasteiger partial charge on any atom is 0.236 e. The van der Waals surface area contributed by atoms with E-state index < -0.39 is 0 Å². The number of hydrogen-bond acceptors (Lipinski definition) is 5. The first kappa shape index (κ1) is 19.6. The van der Waals surface area contributed by atoms with Crippen molar-refractivity contribution in [2.24, 2.45) is 0 Å². The molecule has 0 aliphatic carbocycles. The van der Waals surface area contributed by atoms with Crippen LogP contribution < -0.4 is 15.2 Å². The maximum absolute atomic E-state index is 12.5. The van der Waals surface area contributed by atoms with Gasteiger partial charge in [0.2, 0.25) is 5.91 Å². The van der Waals surface area contributed by atoms with E-state index in [1.807, 2.05) is 61.5 Å². The highest BCUT2D eigenvalue weighted by Gasteiger charge is 2.13. The summed E-state index contributed by atoms with van der Waals surface area (Å²) >= 11 is 0. The minimum absolute atomic E-state index is 0.0600. The molecule has 0 aliphatic heterocycles. The number of carbonyl (C=O) groups excluding carboxylic acids is 1. The molecular formula is C20H27N3O3. The summed E-state index contributed by atoms with van der Waals surface area (Å²) in [7, 11) is 6.95. The van der Waals surface area contributed by atoms with Crippen molar-refractivity contribution < 1.29 is 14.3 Å². The van der Waals surface area contributed by atoms with Crippen molar-refractivity contribution in [2.45, 2.75) is 13.1 Å². The van der Waals surface area contributed by atoms with Crippen molar-refractivity contribution >= 4 is 11.6 Å². The quantitative estimate of drug-likeness (QED) is 0.735. The van der Waals surface area contributed by atoms with Crippen molar-refractivity contribution in [1.82, 2.24) is 9.80 Å². The van der Waals surface area contributed by atoms with Gasteiger partial charge in [-0.15, -0.1) is 0 Å². The molecule has 0 fully saturated rings. The van der Waals surface area contributed by atoms with Crippen LogP contribution in [0.4, 0.5) is 5.69 Å². The second kappa shape index (κ2) is 9.10. The van der Waals surface area contributed by atoms with Gasteiger partial charge in [-0.1, -0.05) is 18.2 Å². The van der Waals surface area contributed by atoms with E-state index in [9.17, 15) is 4.79 Å². The fourth-order valence-corrected chi connectivity index (χ4v) is 2.68. The minimum Gasteiger partial charge on any atom is -0.493 e. The van der Waals surface area contributed by atoms with Crippen molar-refractivity contribution in [2.75, 3.05) is 40.6 Å². The lowest BCUT2D eigenvalue weighted by molar-refractivity contribution is -0.131. The van der Waals surface area contributed by atoms with Crippen LogP contribution in [0.3, 0.4) is 0 Å². The Kier molecular flexibility index (Phi) is 6.86. The van der Waals surface area contributed by atoms with Crippen LogP contribution in [0.1, 0.15) is 11.1 Å². The molecule has 140 valence electrons. The predicted molar refractivity (Wildman–Crippen MR) is 103 cm³/mol. The Morgan fingerprint density at radius 2 is 1.54 bits per heavy atom. The average Bonchev–Trinajstić information content (AvgIpc) is 2.63. The molecule has 0 aromatic heterocycles. The number of likely N-dealkylation sites (N-methyl/N-ethyl adjacent to an activating group) is 2. The monoisotopic (exact) mass is 357 g/mol. The molecule has 0 bridgehead atoms. The summed E-state index contributed by atoms with van der Waals surface area (Å²) in [4.78, 5) is 16.1. The van der Waals surface area contributed by atoms with E-state index in [-0.39, 0.29) is 5.91 Å². The summed E-state index contributed by atoms with van der Waals surface area (Å²) in [6, 6.07) is 13.3. The standard InChI is InChI=1S/C20H27N3O3/c1-22(12-16-7-10-18(25-3)19(11-16)26-4)14-20(24)23(2)13-15-5-8-17(21)9-6-15/h5-11H,12-14,21H2,1-4H3. The van der Waals surface area contributed by atoms with Gasteiger partial charge in [-0.3, -0.25) is 9.69 Å². The van der Waals surface area contributed by atoms with Crippen LogP contribution in [0.25, 0.3) is 0 Å². The number of benzene rings is 2. The van der Waals surface area contributed by atoms with Gasteiger partial charge in [0.05, 0.1) is 20.8 Å². The minimum atomic E-state index is 0.0600. The molecule has 2 aromatic rings. The largest absolute Gasteiger partial charge is 0.493 e. The van der Waals surface area contributed by atoms with E-state index in [4.69, 9.17) is 15.2 Å². The molecule has 6 heteroatoms. The van der Waals surface area contributed by atoms with Gasteiger partial charge in [0.25, 0.3) is 0 Å². The maximum atomic E-state index is 12.5. The molecule has 2 rings (SSSR count). The molecule has 6 nitrogen and oxygen atoms in total. The Morgan fingerprint density at radius 3 is 2.15 bits per heavy atom. The fraction of sp³-hybridized carbons (Fsp3) is 0.350. The summed E-state index contributed by atoms with van der Waals surface area (Å²) < 4.78 is 10.6. The van der Waals surface area contributed by atoms with E-state index in [0.29, 0.717) is 31.1 Å². The van der Waals surface area contributed by atoms with Gasteiger partial charge in [-0.2, -0.15) is 0 Å². The lowest BCUT2D eigenvalue weighted by Gasteiger charge is -2.22. The SMILES string of the molecule is COc1ccc(CN(C)CC(=O)N(C)Cc2ccc(N)cc2)cc1OC. The van der Waals surface area contributed by atoms with Gasteiger partial charge in [0.15, 0.2) is 11.5 Å². The highest BCUT2D eigenvalue weighted by Crippen LogP contribution is 2.27. The first-order valence-electron chi connectivity index (χ1n) is 8.40. The van der Waals surface area contributed by atoms with Gasteiger partial charge < -0.3 is 20.1 Å². The molecule has 2 N–H and O–H groups in total. The number of hydrogen-bond donors (Lipinski definition) is 1. The lowest BCUT2D eigenvalue weighted by atomic mass is 10.2. The number of carbonyl (C=O) groups is 1. The van der Waals surface area contributed by atoms with E-state index in [1.165, 1.54) is 0 Å². The smallest absolute Gasteiger partial charge is 0.236 e. The number of nitrogens with zero attached hydrogens (tertiary/aromatic N) is 2. The van der Waals surface area contributed by atoms with Crippen molar-refractivity contribution in [3.63, 3.8) is 0 Å². The Hall–Kier alpha value is -2.73. The number of nitrogen functional groups attached to an aromatic ring is 1. The normalized spacial score (nSPS) is 10.7. The highest BCUT2D eigenvalue weighted by atomic mass is 16.5. The molecule has 2 aromatic carbocycles. The number of methoxy groups -OCH3 is 2. The summed E-state index contributed by atoms with van der Waals surface area (Å²) in [6.07, 6.45) is 0. The van der Waals surface area contributed by atoms with E-state index >= 15 is 0 Å². The summed E-state index contributed by atoms with van der Waals surface area (Å²) in [5.41, 5.74) is 8.52. The first-order chi connectivity index (χ1) is 12.4. The number of rotatable bonds is 8. The van der Waals surface area contributed by atoms with Crippen LogP contribution in [0.5, 0.6) is 11.5 Å². The van der Waals surface area contributed by atoms with Crippen LogP contribution in [0.15, 0.2) is 42.5 Å². The number of anilines is 1. The van der Waals surface area contributed by atoms with E-state index in [0.717, 1.165) is 16.8 Å². The van der Waals surface area contributed by atoms with Crippen LogP contribution >= 0.6 is 0 Å². The van der Waals surface area contributed by atoms with E-state index in [1.54, 1.807) is 19.1 Å². The molecule has 0 saturated carbocycles. The number of nitrogens with two attached hydrogens (primary N) is 1.